The minimum atomic E-state index is -2.27. The Kier molecular flexibility index (Phi) is 7.58. The van der Waals surface area contributed by atoms with Crippen LogP contribution >= 0.6 is 0 Å². The molecule has 0 radical (unpaired) electrons. The van der Waals surface area contributed by atoms with E-state index in [1.165, 1.54) is 0 Å². The van der Waals surface area contributed by atoms with E-state index in [1.54, 1.807) is 0 Å². The fraction of sp³-hybridized carbons (Fsp3) is 0.200. The number of benzene rings is 2. The first-order valence-electron chi connectivity index (χ1n) is 8.98. The molecule has 0 saturated carbocycles. The van der Waals surface area contributed by atoms with E-state index in [1.807, 2.05) is 0 Å². The van der Waals surface area contributed by atoms with Gasteiger partial charge in [-0.2, -0.15) is 0 Å². The van der Waals surface area contributed by atoms with Crippen LogP contribution < -0.4 is 0 Å². The van der Waals surface area contributed by atoms with Gasteiger partial charge in [-0.3, -0.25) is 0 Å². The number of phenolic OH excluding ortho intramolecular Hbond substituents is 6. The fourth-order valence-electron chi connectivity index (χ4n) is 2.51. The van der Waals surface area contributed by atoms with Crippen molar-refractivity contribution in [2.45, 2.75) is 12.2 Å². The van der Waals surface area contributed by atoms with Crippen molar-refractivity contribution in [1.82, 2.24) is 0 Å². The van der Waals surface area contributed by atoms with Crippen molar-refractivity contribution in [3.05, 3.63) is 35.4 Å². The van der Waals surface area contributed by atoms with Gasteiger partial charge in [0.05, 0.1) is 25.3 Å². The van der Waals surface area contributed by atoms with Gasteiger partial charge in [-0.25, -0.2) is 19.2 Å². The Morgan fingerprint density at radius 2 is 0.853 bits per heavy atom. The minimum absolute atomic E-state index is 0.579. The Hall–Kier alpha value is -4.88. The second kappa shape index (κ2) is 10.2. The number of phenols is 6. The molecule has 0 aliphatic rings. The van der Waals surface area contributed by atoms with Gasteiger partial charge < -0.3 is 49.6 Å². The van der Waals surface area contributed by atoms with Gasteiger partial charge in [-0.15, -0.1) is 0 Å². The first kappa shape index (κ1) is 25.4. The maximum atomic E-state index is 12.5. The van der Waals surface area contributed by atoms with Gasteiger partial charge >= 0.3 is 23.9 Å². The molecule has 14 heteroatoms. The third-order valence-corrected chi connectivity index (χ3v) is 4.22. The van der Waals surface area contributed by atoms with Crippen LogP contribution in [0, 0.1) is 0 Å². The zero-order valence-electron chi connectivity index (χ0n) is 17.4. The number of rotatable bonds is 7. The lowest BCUT2D eigenvalue weighted by molar-refractivity contribution is -0.170. The quantitative estimate of drug-likeness (QED) is 0.174. The van der Waals surface area contributed by atoms with Gasteiger partial charge in [0.15, 0.2) is 34.5 Å². The second-order valence-corrected chi connectivity index (χ2v) is 6.42. The highest BCUT2D eigenvalue weighted by molar-refractivity contribution is 5.97. The highest BCUT2D eigenvalue weighted by atomic mass is 16.6. The number of hydrogen-bond donors (Lipinski definition) is 6. The normalized spacial score (nSPS) is 12.2. The van der Waals surface area contributed by atoms with E-state index in [4.69, 9.17) is 9.47 Å². The topological polar surface area (TPSA) is 227 Å². The van der Waals surface area contributed by atoms with Crippen molar-refractivity contribution < 1.29 is 68.8 Å². The van der Waals surface area contributed by atoms with Crippen LogP contribution in [0.25, 0.3) is 0 Å². The van der Waals surface area contributed by atoms with Crippen LogP contribution in [0.3, 0.4) is 0 Å². The molecular formula is C20H18O14. The highest BCUT2D eigenvalue weighted by Gasteiger charge is 2.42. The molecule has 0 bridgehead atoms. The molecule has 0 aromatic heterocycles. The fourth-order valence-corrected chi connectivity index (χ4v) is 2.51. The average Bonchev–Trinajstić information content (AvgIpc) is 2.80. The Morgan fingerprint density at radius 3 is 1.09 bits per heavy atom. The van der Waals surface area contributed by atoms with Crippen molar-refractivity contribution >= 4 is 23.9 Å². The molecule has 2 atom stereocenters. The summed E-state index contributed by atoms with van der Waals surface area (Å²) in [6.45, 7) is 0. The van der Waals surface area contributed by atoms with E-state index in [-0.39, 0.29) is 0 Å². The van der Waals surface area contributed by atoms with E-state index in [0.29, 0.717) is 24.3 Å². The molecule has 0 fully saturated rings. The zero-order valence-corrected chi connectivity index (χ0v) is 17.4. The summed E-state index contributed by atoms with van der Waals surface area (Å²) in [6.07, 6.45) is -4.54. The molecule has 0 spiro atoms. The standard InChI is InChI=1S/C20H18O14/c1-31-19(29)15(33-17(27)7-3-9(21)13(25)10(22)4-7)16(20(30)32-2)34-18(28)8-5-11(23)14(26)12(24)6-8/h3-6,15-16,21-26H,1-2H3/t15-,16-/m0/s1. The molecule has 0 aliphatic heterocycles. The van der Waals surface area contributed by atoms with Gasteiger partial charge in [0, 0.05) is 0 Å². The summed E-state index contributed by atoms with van der Waals surface area (Å²) < 4.78 is 18.7. The van der Waals surface area contributed by atoms with Gasteiger partial charge in [0.1, 0.15) is 0 Å². The molecule has 2 rings (SSSR count). The Bertz CT molecular complexity index is 1000. The molecule has 182 valence electrons. The number of carbonyl (C=O) groups is 4. The Labute approximate surface area is 189 Å². The van der Waals surface area contributed by atoms with Crippen molar-refractivity contribution in [1.29, 1.82) is 0 Å². The number of esters is 4. The molecule has 0 heterocycles. The molecule has 0 aliphatic carbocycles. The van der Waals surface area contributed by atoms with Crippen molar-refractivity contribution in [3.8, 4) is 34.5 Å². The lowest BCUT2D eigenvalue weighted by Crippen LogP contribution is -2.47. The van der Waals surface area contributed by atoms with Crippen LogP contribution in [0.15, 0.2) is 24.3 Å². The Morgan fingerprint density at radius 1 is 0.588 bits per heavy atom. The molecular weight excluding hydrogens is 464 g/mol. The Balaban J connectivity index is 2.41. The maximum Gasteiger partial charge on any atom is 0.351 e. The molecule has 2 aromatic rings. The SMILES string of the molecule is COC(=O)[C@@H](OC(=O)c1cc(O)c(O)c(O)c1)[C@H](OC(=O)c1cc(O)c(O)c(O)c1)C(=O)OC. The molecule has 2 aromatic carbocycles. The summed E-state index contributed by atoms with van der Waals surface area (Å²) in [5.74, 6) is -11.2. The number of carbonyl (C=O) groups excluding carboxylic acids is 4. The summed E-state index contributed by atoms with van der Waals surface area (Å²) in [4.78, 5) is 49.4. The number of methoxy groups -OCH3 is 2. The van der Waals surface area contributed by atoms with E-state index in [0.717, 1.165) is 14.2 Å². The molecule has 34 heavy (non-hydrogen) atoms. The predicted octanol–water partition coefficient (Wildman–Crippen LogP) is 0.0172. The number of aromatic hydroxyl groups is 6. The van der Waals surface area contributed by atoms with E-state index < -0.39 is 81.7 Å². The smallest absolute Gasteiger partial charge is 0.351 e. The largest absolute Gasteiger partial charge is 0.504 e. The third kappa shape index (κ3) is 5.29. The first-order chi connectivity index (χ1) is 15.9. The van der Waals surface area contributed by atoms with Crippen LogP contribution in [0.1, 0.15) is 20.7 Å². The summed E-state index contributed by atoms with van der Waals surface area (Å²) >= 11 is 0. The van der Waals surface area contributed by atoms with Crippen LogP contribution in [0.5, 0.6) is 34.5 Å². The van der Waals surface area contributed by atoms with E-state index in [9.17, 15) is 49.8 Å². The van der Waals surface area contributed by atoms with Crippen molar-refractivity contribution in [2.24, 2.45) is 0 Å². The molecule has 0 saturated heterocycles. The lowest BCUT2D eigenvalue weighted by atomic mass is 10.1. The van der Waals surface area contributed by atoms with Crippen molar-refractivity contribution in [2.75, 3.05) is 14.2 Å². The summed E-state index contributed by atoms with van der Waals surface area (Å²) in [6, 6.07) is 2.69. The molecule has 14 nitrogen and oxygen atoms in total. The summed E-state index contributed by atoms with van der Waals surface area (Å²) in [5.41, 5.74) is -1.16. The molecule has 0 amide bonds. The van der Waals surface area contributed by atoms with Crippen LogP contribution in [0.4, 0.5) is 0 Å². The minimum Gasteiger partial charge on any atom is -0.504 e. The summed E-state index contributed by atoms with van der Waals surface area (Å²) in [7, 11) is 1.71. The lowest BCUT2D eigenvalue weighted by Gasteiger charge is -2.23. The van der Waals surface area contributed by atoms with E-state index >= 15 is 0 Å². The molecule has 0 unspecified atom stereocenters. The average molecular weight is 482 g/mol. The second-order valence-electron chi connectivity index (χ2n) is 6.42. The summed E-state index contributed by atoms with van der Waals surface area (Å²) in [5, 5.41) is 57.0. The van der Waals surface area contributed by atoms with Gasteiger partial charge in [-0.1, -0.05) is 0 Å². The number of ether oxygens (including phenoxy) is 4. The van der Waals surface area contributed by atoms with Crippen molar-refractivity contribution in [3.63, 3.8) is 0 Å². The number of hydrogen-bond acceptors (Lipinski definition) is 14. The molecule has 6 N–H and O–H groups in total. The zero-order chi connectivity index (χ0) is 25.7. The van der Waals surface area contributed by atoms with Crippen LogP contribution in [-0.2, 0) is 28.5 Å². The first-order valence-corrected chi connectivity index (χ1v) is 8.98. The van der Waals surface area contributed by atoms with Crippen LogP contribution in [-0.4, -0.2) is 80.9 Å². The van der Waals surface area contributed by atoms with Gasteiger partial charge in [0.25, 0.3) is 0 Å². The highest BCUT2D eigenvalue weighted by Crippen LogP contribution is 2.36. The van der Waals surface area contributed by atoms with Gasteiger partial charge in [-0.05, 0) is 24.3 Å². The van der Waals surface area contributed by atoms with Crippen LogP contribution in [0.2, 0.25) is 0 Å². The third-order valence-electron chi connectivity index (χ3n) is 4.22. The maximum absolute atomic E-state index is 12.5. The predicted molar refractivity (Wildman–Crippen MR) is 105 cm³/mol. The van der Waals surface area contributed by atoms with Gasteiger partial charge in [0.2, 0.25) is 12.2 Å². The monoisotopic (exact) mass is 482 g/mol. The van der Waals surface area contributed by atoms with E-state index in [2.05, 4.69) is 9.47 Å².